The zero-order valence-electron chi connectivity index (χ0n) is 13.4. The third-order valence-corrected chi connectivity index (χ3v) is 4.49. The molecule has 0 bridgehead atoms. The summed E-state index contributed by atoms with van der Waals surface area (Å²) in [5.74, 6) is -1.12. The molecule has 2 aromatic rings. The fourth-order valence-electron chi connectivity index (χ4n) is 3.22. The number of rotatable bonds is 5. The van der Waals surface area contributed by atoms with Crippen LogP contribution in [0.5, 0.6) is 0 Å². The van der Waals surface area contributed by atoms with E-state index >= 15 is 0 Å². The lowest BCUT2D eigenvalue weighted by atomic mass is 9.94. The van der Waals surface area contributed by atoms with Crippen LogP contribution in [0, 0.1) is 5.92 Å². The number of benzene rings is 2. The smallest absolute Gasteiger partial charge is 0.305 e. The SMILES string of the molecule is O=C(O)C[C@@H](NC(=O)C1CCOCC1)c1cccc2ccccc12. The minimum absolute atomic E-state index is 0.0857. The number of aliphatic carboxylic acids is 1. The maximum absolute atomic E-state index is 12.5. The Morgan fingerprint density at radius 2 is 1.83 bits per heavy atom. The Kier molecular flexibility index (Phi) is 5.11. The van der Waals surface area contributed by atoms with Crippen LogP contribution in [0.4, 0.5) is 0 Å². The molecule has 0 aromatic heterocycles. The summed E-state index contributed by atoms with van der Waals surface area (Å²) in [6.07, 6.45) is 1.23. The molecular formula is C19H21NO4. The van der Waals surface area contributed by atoms with Gasteiger partial charge in [0, 0.05) is 19.1 Å². The van der Waals surface area contributed by atoms with Gasteiger partial charge < -0.3 is 15.2 Å². The molecule has 1 saturated heterocycles. The van der Waals surface area contributed by atoms with Crippen molar-refractivity contribution in [2.24, 2.45) is 5.92 Å². The minimum atomic E-state index is -0.930. The van der Waals surface area contributed by atoms with Crippen LogP contribution in [0.1, 0.15) is 30.9 Å². The van der Waals surface area contributed by atoms with E-state index in [0.29, 0.717) is 26.1 Å². The summed E-state index contributed by atoms with van der Waals surface area (Å²) in [6.45, 7) is 1.16. The van der Waals surface area contributed by atoms with E-state index < -0.39 is 12.0 Å². The molecule has 1 fully saturated rings. The number of nitrogens with one attached hydrogen (secondary N) is 1. The maximum atomic E-state index is 12.5. The molecule has 2 N–H and O–H groups in total. The summed E-state index contributed by atoms with van der Waals surface area (Å²) < 4.78 is 5.29. The van der Waals surface area contributed by atoms with Crippen LogP contribution in [0.15, 0.2) is 42.5 Å². The highest BCUT2D eigenvalue weighted by atomic mass is 16.5. The van der Waals surface area contributed by atoms with Crippen molar-refractivity contribution >= 4 is 22.6 Å². The van der Waals surface area contributed by atoms with E-state index in [1.165, 1.54) is 0 Å². The zero-order valence-corrected chi connectivity index (χ0v) is 13.4. The van der Waals surface area contributed by atoms with E-state index in [-0.39, 0.29) is 18.2 Å². The van der Waals surface area contributed by atoms with Gasteiger partial charge in [0.15, 0.2) is 0 Å². The number of amides is 1. The standard InChI is InChI=1S/C19H21NO4/c21-18(22)12-17(20-19(23)14-8-10-24-11-9-14)16-7-3-5-13-4-1-2-6-15(13)16/h1-7,14,17H,8-12H2,(H,20,23)(H,21,22)/t17-/m1/s1. The number of carboxylic acids is 1. The predicted octanol–water partition coefficient (Wildman–Crippen LogP) is 2.90. The first kappa shape index (κ1) is 16.5. The van der Waals surface area contributed by atoms with Crippen LogP contribution in [0.2, 0.25) is 0 Å². The number of fused-ring (bicyclic) bond motifs is 1. The van der Waals surface area contributed by atoms with Gasteiger partial charge in [-0.2, -0.15) is 0 Å². The van der Waals surface area contributed by atoms with Gasteiger partial charge in [-0.25, -0.2) is 0 Å². The lowest BCUT2D eigenvalue weighted by Gasteiger charge is -2.25. The zero-order chi connectivity index (χ0) is 16.9. The number of carbonyl (C=O) groups is 2. The van der Waals surface area contributed by atoms with Crippen molar-refractivity contribution in [1.29, 1.82) is 0 Å². The van der Waals surface area contributed by atoms with Gasteiger partial charge in [0.2, 0.25) is 5.91 Å². The van der Waals surface area contributed by atoms with Crippen molar-refractivity contribution < 1.29 is 19.4 Å². The molecule has 0 radical (unpaired) electrons. The first-order valence-electron chi connectivity index (χ1n) is 8.22. The predicted molar refractivity (Wildman–Crippen MR) is 90.6 cm³/mol. The van der Waals surface area contributed by atoms with E-state index in [9.17, 15) is 14.7 Å². The van der Waals surface area contributed by atoms with E-state index in [2.05, 4.69) is 5.32 Å². The molecule has 1 amide bonds. The number of hydrogen-bond acceptors (Lipinski definition) is 3. The van der Waals surface area contributed by atoms with Crippen molar-refractivity contribution in [3.8, 4) is 0 Å². The molecule has 1 aliphatic heterocycles. The third-order valence-electron chi connectivity index (χ3n) is 4.49. The van der Waals surface area contributed by atoms with Gasteiger partial charge in [0.25, 0.3) is 0 Å². The van der Waals surface area contributed by atoms with E-state index in [0.717, 1.165) is 16.3 Å². The molecule has 3 rings (SSSR count). The van der Waals surface area contributed by atoms with Gasteiger partial charge >= 0.3 is 5.97 Å². The van der Waals surface area contributed by atoms with Crippen LogP contribution < -0.4 is 5.32 Å². The molecule has 5 heteroatoms. The molecule has 0 unspecified atom stereocenters. The van der Waals surface area contributed by atoms with Gasteiger partial charge in [-0.05, 0) is 29.2 Å². The van der Waals surface area contributed by atoms with Gasteiger partial charge in [-0.3, -0.25) is 9.59 Å². The van der Waals surface area contributed by atoms with Gasteiger partial charge in [0.05, 0.1) is 12.5 Å². The average molecular weight is 327 g/mol. The summed E-state index contributed by atoms with van der Waals surface area (Å²) in [5.41, 5.74) is 0.843. The van der Waals surface area contributed by atoms with Crippen molar-refractivity contribution in [3.63, 3.8) is 0 Å². The van der Waals surface area contributed by atoms with Gasteiger partial charge in [-0.15, -0.1) is 0 Å². The van der Waals surface area contributed by atoms with Crippen LogP contribution in [-0.2, 0) is 14.3 Å². The first-order valence-corrected chi connectivity index (χ1v) is 8.22. The van der Waals surface area contributed by atoms with Crippen molar-refractivity contribution in [3.05, 3.63) is 48.0 Å². The molecule has 126 valence electrons. The Hall–Kier alpha value is -2.40. The normalized spacial score (nSPS) is 16.7. The second-order valence-corrected chi connectivity index (χ2v) is 6.11. The van der Waals surface area contributed by atoms with Gasteiger partial charge in [0.1, 0.15) is 0 Å². The van der Waals surface area contributed by atoms with Gasteiger partial charge in [-0.1, -0.05) is 42.5 Å². The van der Waals surface area contributed by atoms with Crippen molar-refractivity contribution in [1.82, 2.24) is 5.32 Å². The summed E-state index contributed by atoms with van der Waals surface area (Å²) in [4.78, 5) is 23.8. The van der Waals surface area contributed by atoms with Crippen LogP contribution >= 0.6 is 0 Å². The van der Waals surface area contributed by atoms with Crippen molar-refractivity contribution in [2.75, 3.05) is 13.2 Å². The number of carboxylic acid groups (broad SMARTS) is 1. The highest BCUT2D eigenvalue weighted by Crippen LogP contribution is 2.27. The van der Waals surface area contributed by atoms with Crippen LogP contribution in [0.25, 0.3) is 10.8 Å². The number of ether oxygens (including phenoxy) is 1. The monoisotopic (exact) mass is 327 g/mol. The Bertz CT molecular complexity index is 732. The van der Waals surface area contributed by atoms with E-state index in [1.54, 1.807) is 0 Å². The molecule has 5 nitrogen and oxygen atoms in total. The average Bonchev–Trinajstić information content (AvgIpc) is 2.61. The quantitative estimate of drug-likeness (QED) is 0.885. The molecule has 2 aromatic carbocycles. The lowest BCUT2D eigenvalue weighted by Crippen LogP contribution is -2.37. The van der Waals surface area contributed by atoms with Crippen molar-refractivity contribution in [2.45, 2.75) is 25.3 Å². The fraction of sp³-hybridized carbons (Fsp3) is 0.368. The molecular weight excluding hydrogens is 306 g/mol. The number of hydrogen-bond donors (Lipinski definition) is 2. The molecule has 1 atom stereocenters. The van der Waals surface area contributed by atoms with E-state index in [4.69, 9.17) is 4.74 Å². The first-order chi connectivity index (χ1) is 11.6. The molecule has 24 heavy (non-hydrogen) atoms. The Balaban J connectivity index is 1.88. The summed E-state index contributed by atoms with van der Waals surface area (Å²) >= 11 is 0. The number of carbonyl (C=O) groups excluding carboxylic acids is 1. The summed E-state index contributed by atoms with van der Waals surface area (Å²) in [7, 11) is 0. The Morgan fingerprint density at radius 3 is 2.58 bits per heavy atom. The topological polar surface area (TPSA) is 75.6 Å². The summed E-state index contributed by atoms with van der Waals surface area (Å²) in [5, 5.41) is 14.2. The maximum Gasteiger partial charge on any atom is 0.305 e. The van der Waals surface area contributed by atoms with Crippen LogP contribution in [0.3, 0.4) is 0 Å². The minimum Gasteiger partial charge on any atom is -0.481 e. The molecule has 1 aliphatic rings. The largest absolute Gasteiger partial charge is 0.481 e. The second-order valence-electron chi connectivity index (χ2n) is 6.11. The summed E-state index contributed by atoms with van der Waals surface area (Å²) in [6, 6.07) is 13.0. The Morgan fingerprint density at radius 1 is 1.12 bits per heavy atom. The second kappa shape index (κ2) is 7.45. The lowest BCUT2D eigenvalue weighted by molar-refractivity contribution is -0.138. The fourth-order valence-corrected chi connectivity index (χ4v) is 3.22. The third kappa shape index (κ3) is 3.74. The highest BCUT2D eigenvalue weighted by Gasteiger charge is 2.26. The Labute approximate surface area is 140 Å². The van der Waals surface area contributed by atoms with E-state index in [1.807, 2.05) is 42.5 Å². The van der Waals surface area contributed by atoms with Crippen LogP contribution in [-0.4, -0.2) is 30.2 Å². The highest BCUT2D eigenvalue weighted by molar-refractivity contribution is 5.88. The molecule has 1 heterocycles. The molecule has 0 saturated carbocycles. The molecule has 0 spiro atoms. The molecule has 0 aliphatic carbocycles.